The zero-order valence-corrected chi connectivity index (χ0v) is 22.9. The maximum atomic E-state index is 12.7. The molecule has 0 amide bonds. The van der Waals surface area contributed by atoms with Gasteiger partial charge in [0.15, 0.2) is 0 Å². The first-order valence-corrected chi connectivity index (χ1v) is 14.5. The highest BCUT2D eigenvalue weighted by Gasteiger charge is 2.36. The fraction of sp³-hybridized carbons (Fsp3) is 0.615. The zero-order chi connectivity index (χ0) is 27.7. The van der Waals surface area contributed by atoms with E-state index in [4.69, 9.17) is 14.2 Å². The normalized spacial score (nSPS) is 19.7. The monoisotopic (exact) mass is 552 g/mol. The fourth-order valence-corrected chi connectivity index (χ4v) is 5.85. The van der Waals surface area contributed by atoms with Crippen LogP contribution in [0, 0.1) is 23.0 Å². The Balaban J connectivity index is 1.35. The topological polar surface area (TPSA) is 149 Å². The summed E-state index contributed by atoms with van der Waals surface area (Å²) in [7, 11) is -4.19. The molecule has 1 aromatic carbocycles. The predicted molar refractivity (Wildman–Crippen MR) is 134 cm³/mol. The summed E-state index contributed by atoms with van der Waals surface area (Å²) in [5.74, 6) is -0.0344. The Kier molecular flexibility index (Phi) is 10.5. The van der Waals surface area contributed by atoms with Crippen LogP contribution in [0.25, 0.3) is 0 Å². The number of unbranched alkanes of at least 4 members (excludes halogenated alkanes) is 1. The van der Waals surface area contributed by atoms with Gasteiger partial charge in [-0.15, -0.1) is 0 Å². The maximum absolute atomic E-state index is 12.7. The Morgan fingerprint density at radius 1 is 1.11 bits per heavy atom. The number of ether oxygens (including phenoxy) is 3. The minimum Gasteiger partial charge on any atom is -0.466 e. The maximum Gasteiger partial charge on any atom is 0.414 e. The number of hydrogen-bond acceptors (Lipinski definition) is 10. The van der Waals surface area contributed by atoms with Gasteiger partial charge in [0, 0.05) is 0 Å². The molecule has 0 radical (unpaired) electrons. The van der Waals surface area contributed by atoms with Crippen molar-refractivity contribution >= 4 is 21.8 Å². The Hall–Kier alpha value is -3.15. The molecular formula is C26H36N2O9S. The molecule has 0 unspecified atom stereocenters. The first-order valence-electron chi connectivity index (χ1n) is 13.0. The van der Waals surface area contributed by atoms with E-state index in [9.17, 15) is 23.2 Å². The first-order chi connectivity index (χ1) is 18.1. The smallest absolute Gasteiger partial charge is 0.414 e. The second-order valence-corrected chi connectivity index (χ2v) is 11.9. The highest BCUT2D eigenvalue weighted by atomic mass is 32.2. The van der Waals surface area contributed by atoms with Crippen LogP contribution >= 0.6 is 0 Å². The van der Waals surface area contributed by atoms with E-state index in [2.05, 4.69) is 30.6 Å². The van der Waals surface area contributed by atoms with Crippen LogP contribution in [0.4, 0.5) is 0 Å². The van der Waals surface area contributed by atoms with Gasteiger partial charge in [-0.3, -0.25) is 14.2 Å². The molecule has 1 aliphatic carbocycles. The van der Waals surface area contributed by atoms with Gasteiger partial charge in [-0.2, -0.15) is 0 Å². The number of esters is 2. The molecule has 3 rings (SSSR count). The summed E-state index contributed by atoms with van der Waals surface area (Å²) >= 11 is 0. The lowest BCUT2D eigenvalue weighted by molar-refractivity contribution is -0.832. The van der Waals surface area contributed by atoms with Gasteiger partial charge in [-0.1, -0.05) is 45.4 Å². The summed E-state index contributed by atoms with van der Waals surface area (Å²) < 4.78 is 46.1. The van der Waals surface area contributed by atoms with Crippen molar-refractivity contribution in [3.05, 3.63) is 35.5 Å². The van der Waals surface area contributed by atoms with Gasteiger partial charge in [0.2, 0.25) is 0 Å². The third-order valence-corrected chi connectivity index (χ3v) is 8.40. The number of carbonyl (C=O) groups excluding carboxylic acids is 2. The van der Waals surface area contributed by atoms with Crippen LogP contribution in [0.1, 0.15) is 65.7 Å². The summed E-state index contributed by atoms with van der Waals surface area (Å²) in [6.45, 7) is 6.56. The standard InChI is InChI=1S/C26H36N2O9S/c1-18(2)21-12-11-19(3)17-22(21)36-24(30)14-13-23(29)34-15-7-8-16-35-25-26(28(31)37-27-25)38(32,33)20-9-5-4-6-10-20/h4-6,9-10,18-19,21-22H,7-8,11-17H2,1-3H3/t19-,21+,22-/m1/s1. The largest absolute Gasteiger partial charge is 0.466 e. The van der Waals surface area contributed by atoms with E-state index in [1.807, 2.05) is 0 Å². The average molecular weight is 553 g/mol. The molecule has 1 fully saturated rings. The van der Waals surface area contributed by atoms with Crippen molar-refractivity contribution in [3.63, 3.8) is 0 Å². The molecule has 1 aliphatic rings. The van der Waals surface area contributed by atoms with Gasteiger partial charge < -0.3 is 19.4 Å². The van der Waals surface area contributed by atoms with Crippen molar-refractivity contribution in [2.45, 2.75) is 81.7 Å². The van der Waals surface area contributed by atoms with Crippen molar-refractivity contribution in [2.24, 2.45) is 17.8 Å². The van der Waals surface area contributed by atoms with Gasteiger partial charge in [0.05, 0.1) is 36.1 Å². The number of hydrogen-bond donors (Lipinski definition) is 0. The highest BCUT2D eigenvalue weighted by Crippen LogP contribution is 2.35. The SMILES string of the molecule is CC(C)[C@@H]1CC[C@@H](C)C[C@H]1OC(=O)CCC(=O)OCCCCOc1no[n+]([O-])c1S(=O)(=O)c1ccccc1. The van der Waals surface area contributed by atoms with E-state index in [1.54, 1.807) is 6.07 Å². The Morgan fingerprint density at radius 3 is 2.50 bits per heavy atom. The van der Waals surface area contributed by atoms with Crippen molar-refractivity contribution in [1.82, 2.24) is 5.16 Å². The molecule has 2 aromatic rings. The molecular weight excluding hydrogens is 516 g/mol. The molecule has 0 N–H and O–H groups in total. The third-order valence-electron chi connectivity index (χ3n) is 6.67. The van der Waals surface area contributed by atoms with Crippen molar-refractivity contribution in [1.29, 1.82) is 0 Å². The van der Waals surface area contributed by atoms with E-state index in [1.165, 1.54) is 24.3 Å². The first kappa shape index (κ1) is 29.4. The second-order valence-electron chi connectivity index (χ2n) is 9.99. The number of rotatable bonds is 13. The van der Waals surface area contributed by atoms with Gasteiger partial charge in [0.25, 0.3) is 9.84 Å². The Labute approximate surface area is 222 Å². The predicted octanol–water partition coefficient (Wildman–Crippen LogP) is 3.63. The Morgan fingerprint density at radius 2 is 1.79 bits per heavy atom. The second kappa shape index (κ2) is 13.6. The summed E-state index contributed by atoms with van der Waals surface area (Å²) in [4.78, 5) is 24.0. The van der Waals surface area contributed by atoms with E-state index < -0.39 is 26.7 Å². The minimum atomic E-state index is -4.19. The molecule has 12 heteroatoms. The van der Waals surface area contributed by atoms with Crippen LogP contribution in [0.5, 0.6) is 5.88 Å². The molecule has 1 saturated carbocycles. The summed E-state index contributed by atoms with van der Waals surface area (Å²) in [6.07, 6.45) is 3.64. The molecule has 3 atom stereocenters. The summed E-state index contributed by atoms with van der Waals surface area (Å²) in [5, 5.41) is 14.6. The zero-order valence-electron chi connectivity index (χ0n) is 22.0. The van der Waals surface area contributed by atoms with Crippen molar-refractivity contribution in [3.8, 4) is 5.88 Å². The van der Waals surface area contributed by atoms with E-state index in [-0.39, 0.29) is 47.9 Å². The number of nitrogens with zero attached hydrogens (tertiary/aromatic N) is 2. The molecule has 210 valence electrons. The molecule has 0 bridgehead atoms. The summed E-state index contributed by atoms with van der Waals surface area (Å²) in [5.41, 5.74) is 0. The molecule has 1 heterocycles. The number of benzene rings is 1. The van der Waals surface area contributed by atoms with Gasteiger partial charge >= 0.3 is 22.8 Å². The van der Waals surface area contributed by atoms with Crippen LogP contribution in [0.15, 0.2) is 44.9 Å². The fourth-order valence-electron chi connectivity index (χ4n) is 4.55. The van der Waals surface area contributed by atoms with Crippen molar-refractivity contribution < 1.29 is 41.7 Å². The molecule has 0 aliphatic heterocycles. The number of carbonyl (C=O) groups is 2. The van der Waals surface area contributed by atoms with Gasteiger partial charge in [0.1, 0.15) is 6.10 Å². The summed E-state index contributed by atoms with van der Waals surface area (Å²) in [6, 6.07) is 7.39. The average Bonchev–Trinajstić information content (AvgIpc) is 3.26. The van der Waals surface area contributed by atoms with Crippen LogP contribution in [0.3, 0.4) is 0 Å². The number of sulfone groups is 1. The molecule has 38 heavy (non-hydrogen) atoms. The highest BCUT2D eigenvalue weighted by molar-refractivity contribution is 7.91. The minimum absolute atomic E-state index is 0.0184. The third kappa shape index (κ3) is 7.92. The molecule has 1 aromatic heterocycles. The lowest BCUT2D eigenvalue weighted by Crippen LogP contribution is -2.35. The number of aromatic nitrogens is 2. The Bertz CT molecular complexity index is 1160. The van der Waals surface area contributed by atoms with Crippen LogP contribution in [-0.4, -0.2) is 44.8 Å². The van der Waals surface area contributed by atoms with E-state index in [0.29, 0.717) is 30.6 Å². The quantitative estimate of drug-likeness (QED) is 0.205. The van der Waals surface area contributed by atoms with Crippen LogP contribution in [0.2, 0.25) is 0 Å². The van der Waals surface area contributed by atoms with Crippen LogP contribution in [-0.2, 0) is 28.9 Å². The lowest BCUT2D eigenvalue weighted by atomic mass is 9.75. The lowest BCUT2D eigenvalue weighted by Gasteiger charge is -2.36. The molecule has 0 spiro atoms. The van der Waals surface area contributed by atoms with Gasteiger partial charge in [-0.05, 0) is 60.5 Å². The molecule has 11 nitrogen and oxygen atoms in total. The van der Waals surface area contributed by atoms with Crippen LogP contribution < -0.4 is 9.64 Å². The molecule has 0 saturated heterocycles. The van der Waals surface area contributed by atoms with Gasteiger partial charge in [-0.25, -0.2) is 8.42 Å². The van der Waals surface area contributed by atoms with E-state index in [0.717, 1.165) is 19.3 Å². The van der Waals surface area contributed by atoms with E-state index >= 15 is 0 Å². The van der Waals surface area contributed by atoms with Crippen molar-refractivity contribution in [2.75, 3.05) is 13.2 Å².